The molecule has 0 heterocycles. The second-order valence-electron chi connectivity index (χ2n) is 3.39. The van der Waals surface area contributed by atoms with Crippen molar-refractivity contribution in [1.82, 2.24) is 0 Å². The maximum atomic E-state index is 10.4. The molecule has 66 valence electrons. The molecule has 0 aliphatic rings. The highest BCUT2D eigenvalue weighted by molar-refractivity contribution is 7.96. The van der Waals surface area contributed by atoms with Crippen molar-refractivity contribution in [1.29, 1.82) is 0 Å². The van der Waals surface area contributed by atoms with Gasteiger partial charge >= 0.3 is 0 Å². The maximum absolute atomic E-state index is 10.4. The van der Waals surface area contributed by atoms with Gasteiger partial charge in [-0.1, -0.05) is 33.1 Å². The van der Waals surface area contributed by atoms with E-state index in [1.807, 2.05) is 0 Å². The summed E-state index contributed by atoms with van der Waals surface area (Å²) in [6, 6.07) is 0. The molecule has 0 aliphatic heterocycles. The molecule has 0 rings (SSSR count). The highest BCUT2D eigenvalue weighted by Gasteiger charge is 1.96. The molecule has 11 heavy (non-hydrogen) atoms. The fraction of sp³-hybridized carbons (Fsp3) is 0.889. The summed E-state index contributed by atoms with van der Waals surface area (Å²) in [4.78, 5) is 10.4. The second-order valence-corrected chi connectivity index (χ2v) is 3.89. The van der Waals surface area contributed by atoms with Crippen LogP contribution >= 0.6 is 12.6 Å². The fourth-order valence-corrected chi connectivity index (χ4v) is 1.16. The van der Waals surface area contributed by atoms with Crippen LogP contribution in [0.1, 0.15) is 46.0 Å². The number of carbonyl (C=O) groups is 1. The van der Waals surface area contributed by atoms with E-state index in [9.17, 15) is 4.79 Å². The molecule has 1 nitrogen and oxygen atoms in total. The molecule has 0 atom stereocenters. The lowest BCUT2D eigenvalue weighted by atomic mass is 10.0. The monoisotopic (exact) mass is 174 g/mol. The maximum Gasteiger partial charge on any atom is 0.185 e. The number of carbonyl (C=O) groups excluding carboxylic acids is 1. The highest BCUT2D eigenvalue weighted by Crippen LogP contribution is 2.09. The number of unbranched alkanes of at least 4 members (excludes halogenated alkanes) is 2. The molecule has 0 amide bonds. The topological polar surface area (TPSA) is 17.1 Å². The van der Waals surface area contributed by atoms with E-state index in [0.717, 1.165) is 12.3 Å². The lowest BCUT2D eigenvalue weighted by Crippen LogP contribution is -1.89. The van der Waals surface area contributed by atoms with E-state index >= 15 is 0 Å². The van der Waals surface area contributed by atoms with Crippen molar-refractivity contribution in [2.45, 2.75) is 46.0 Å². The highest BCUT2D eigenvalue weighted by atomic mass is 32.1. The Morgan fingerprint density at radius 2 is 1.91 bits per heavy atom. The Hall–Kier alpha value is 0.0200. The van der Waals surface area contributed by atoms with Gasteiger partial charge in [0.15, 0.2) is 5.12 Å². The van der Waals surface area contributed by atoms with Gasteiger partial charge in [0.1, 0.15) is 0 Å². The first kappa shape index (κ1) is 11.0. The molecule has 0 fully saturated rings. The van der Waals surface area contributed by atoms with Gasteiger partial charge in [-0.2, -0.15) is 0 Å². The molecular formula is C9H18OS. The normalized spacial score (nSPS) is 10.5. The van der Waals surface area contributed by atoms with E-state index in [1.165, 1.54) is 19.3 Å². The summed E-state index contributed by atoms with van der Waals surface area (Å²) < 4.78 is 0. The first-order chi connectivity index (χ1) is 5.13. The zero-order chi connectivity index (χ0) is 8.69. The summed E-state index contributed by atoms with van der Waals surface area (Å²) in [5.74, 6) is 0.793. The van der Waals surface area contributed by atoms with Gasteiger partial charge in [-0.15, -0.1) is 12.6 Å². The summed E-state index contributed by atoms with van der Waals surface area (Å²) in [6.07, 6.45) is 5.35. The summed E-state index contributed by atoms with van der Waals surface area (Å²) in [5, 5.41) is 0.0227. The zero-order valence-electron chi connectivity index (χ0n) is 7.47. The van der Waals surface area contributed by atoms with E-state index in [2.05, 4.69) is 26.5 Å². The van der Waals surface area contributed by atoms with E-state index < -0.39 is 0 Å². The SMILES string of the molecule is CC(C)CCCCCC(=O)S. The van der Waals surface area contributed by atoms with Crippen LogP contribution in [0, 0.1) is 5.92 Å². The largest absolute Gasteiger partial charge is 0.288 e. The van der Waals surface area contributed by atoms with Crippen molar-refractivity contribution in [3.63, 3.8) is 0 Å². The minimum absolute atomic E-state index is 0.0227. The predicted octanol–water partition coefficient (Wildman–Crippen LogP) is 3.05. The zero-order valence-corrected chi connectivity index (χ0v) is 8.36. The van der Waals surface area contributed by atoms with Crippen LogP contribution in [0.15, 0.2) is 0 Å². The molecule has 0 aliphatic carbocycles. The van der Waals surface area contributed by atoms with Crippen molar-refractivity contribution < 1.29 is 4.79 Å². The molecule has 0 aromatic carbocycles. The van der Waals surface area contributed by atoms with Gasteiger partial charge in [0.25, 0.3) is 0 Å². The van der Waals surface area contributed by atoms with Crippen LogP contribution in [0.4, 0.5) is 0 Å². The van der Waals surface area contributed by atoms with Gasteiger partial charge in [-0.05, 0) is 12.3 Å². The van der Waals surface area contributed by atoms with Gasteiger partial charge in [-0.3, -0.25) is 4.79 Å². The summed E-state index contributed by atoms with van der Waals surface area (Å²) in [6.45, 7) is 4.45. The molecule has 0 unspecified atom stereocenters. The summed E-state index contributed by atoms with van der Waals surface area (Å²) in [7, 11) is 0. The summed E-state index contributed by atoms with van der Waals surface area (Å²) >= 11 is 3.70. The van der Waals surface area contributed by atoms with Crippen LogP contribution in [0.5, 0.6) is 0 Å². The van der Waals surface area contributed by atoms with Crippen molar-refractivity contribution in [3.8, 4) is 0 Å². The Morgan fingerprint density at radius 3 is 2.36 bits per heavy atom. The molecular weight excluding hydrogens is 156 g/mol. The molecule has 0 aromatic rings. The third-order valence-electron chi connectivity index (χ3n) is 1.67. The standard InChI is InChI=1S/C9H18OS/c1-8(2)6-4-3-5-7-9(10)11/h8H,3-7H2,1-2H3,(H,10,11). The van der Waals surface area contributed by atoms with Crippen molar-refractivity contribution in [3.05, 3.63) is 0 Å². The third-order valence-corrected chi connectivity index (χ3v) is 1.90. The van der Waals surface area contributed by atoms with E-state index in [-0.39, 0.29) is 5.12 Å². The van der Waals surface area contributed by atoms with E-state index in [1.54, 1.807) is 0 Å². The first-order valence-corrected chi connectivity index (χ1v) is 4.79. The Kier molecular flexibility index (Phi) is 6.73. The van der Waals surface area contributed by atoms with Crippen LogP contribution in [-0.4, -0.2) is 5.12 Å². The predicted molar refractivity (Wildman–Crippen MR) is 51.9 cm³/mol. The summed E-state index contributed by atoms with van der Waals surface area (Å²) in [5.41, 5.74) is 0. The van der Waals surface area contributed by atoms with E-state index in [4.69, 9.17) is 0 Å². The number of rotatable bonds is 6. The molecule has 0 saturated carbocycles. The molecule has 0 N–H and O–H groups in total. The van der Waals surface area contributed by atoms with Crippen molar-refractivity contribution in [2.24, 2.45) is 5.92 Å². The molecule has 0 aromatic heterocycles. The fourth-order valence-electron chi connectivity index (χ4n) is 1.01. The Balaban J connectivity index is 2.97. The first-order valence-electron chi connectivity index (χ1n) is 4.34. The van der Waals surface area contributed by atoms with Gasteiger partial charge in [0.2, 0.25) is 0 Å². The van der Waals surface area contributed by atoms with Gasteiger partial charge < -0.3 is 0 Å². The average molecular weight is 174 g/mol. The molecule has 0 saturated heterocycles. The smallest absolute Gasteiger partial charge is 0.185 e. The molecule has 0 radical (unpaired) electrons. The molecule has 0 spiro atoms. The average Bonchev–Trinajstić information content (AvgIpc) is 1.85. The Bertz CT molecular complexity index is 110. The Labute approximate surface area is 75.0 Å². The quantitative estimate of drug-likeness (QED) is 0.484. The lowest BCUT2D eigenvalue weighted by molar-refractivity contribution is -0.110. The molecule has 0 bridgehead atoms. The van der Waals surface area contributed by atoms with Crippen LogP contribution in [0.3, 0.4) is 0 Å². The van der Waals surface area contributed by atoms with Gasteiger partial charge in [0.05, 0.1) is 0 Å². The lowest BCUT2D eigenvalue weighted by Gasteiger charge is -2.02. The minimum Gasteiger partial charge on any atom is -0.288 e. The third kappa shape index (κ3) is 10.0. The molecule has 2 heteroatoms. The van der Waals surface area contributed by atoms with E-state index in [0.29, 0.717) is 6.42 Å². The minimum atomic E-state index is 0.0227. The number of thiol groups is 1. The van der Waals surface area contributed by atoms with Gasteiger partial charge in [0, 0.05) is 6.42 Å². The van der Waals surface area contributed by atoms with Crippen LogP contribution in [0.2, 0.25) is 0 Å². The van der Waals surface area contributed by atoms with Crippen LogP contribution in [0.25, 0.3) is 0 Å². The van der Waals surface area contributed by atoms with Crippen molar-refractivity contribution >= 4 is 17.7 Å². The number of hydrogen-bond acceptors (Lipinski definition) is 1. The van der Waals surface area contributed by atoms with Gasteiger partial charge in [-0.25, -0.2) is 0 Å². The van der Waals surface area contributed by atoms with Crippen molar-refractivity contribution in [2.75, 3.05) is 0 Å². The second kappa shape index (κ2) is 6.71. The van der Waals surface area contributed by atoms with Crippen LogP contribution in [-0.2, 0) is 4.79 Å². The number of hydrogen-bond donors (Lipinski definition) is 1. The van der Waals surface area contributed by atoms with Crippen LogP contribution < -0.4 is 0 Å². The Morgan fingerprint density at radius 1 is 1.27 bits per heavy atom.